The summed E-state index contributed by atoms with van der Waals surface area (Å²) in [6, 6.07) is 0. The minimum absolute atomic E-state index is 0.315. The molecule has 0 bridgehead atoms. The van der Waals surface area contributed by atoms with Crippen LogP contribution in [0.5, 0.6) is 0 Å². The Bertz CT molecular complexity index is 201. The molecule has 0 amide bonds. The fraction of sp³-hybridized carbons (Fsp3) is 0.545. The average Bonchev–Trinajstić information content (AvgIpc) is 2.05. The third-order valence-corrected chi connectivity index (χ3v) is 2.19. The largest absolute Gasteiger partial charge is 0.295 e. The summed E-state index contributed by atoms with van der Waals surface area (Å²) in [5, 5.41) is 0. The maximum Gasteiger partial charge on any atom is 0.155 e. The van der Waals surface area contributed by atoms with Gasteiger partial charge in [-0.25, -0.2) is 0 Å². The van der Waals surface area contributed by atoms with Gasteiger partial charge in [-0.1, -0.05) is 11.6 Å². The van der Waals surface area contributed by atoms with Crippen molar-refractivity contribution < 1.29 is 4.79 Å². The molecule has 0 radical (unpaired) electrons. The summed E-state index contributed by atoms with van der Waals surface area (Å²) in [6.45, 7) is 3.67. The highest BCUT2D eigenvalue weighted by Crippen LogP contribution is 2.19. The Hall–Kier alpha value is -0.850. The molecule has 0 spiro atoms. The molecular formula is C11H16O. The van der Waals surface area contributed by atoms with Crippen LogP contribution >= 0.6 is 0 Å². The monoisotopic (exact) mass is 164 g/mol. The van der Waals surface area contributed by atoms with Gasteiger partial charge in [-0.2, -0.15) is 0 Å². The van der Waals surface area contributed by atoms with Gasteiger partial charge in [0.2, 0.25) is 0 Å². The predicted molar refractivity (Wildman–Crippen MR) is 51.0 cm³/mol. The SMILES string of the molecule is C=CCCCC1=CC(=O)CCC1. The lowest BCUT2D eigenvalue weighted by Gasteiger charge is -2.10. The van der Waals surface area contributed by atoms with Crippen LogP contribution in [0.2, 0.25) is 0 Å². The lowest BCUT2D eigenvalue weighted by Crippen LogP contribution is -2.02. The number of allylic oxidation sites excluding steroid dienone is 3. The van der Waals surface area contributed by atoms with Crippen LogP contribution in [0.25, 0.3) is 0 Å². The van der Waals surface area contributed by atoms with Crippen LogP contribution in [0.3, 0.4) is 0 Å². The van der Waals surface area contributed by atoms with Crippen molar-refractivity contribution in [2.45, 2.75) is 38.5 Å². The number of hydrogen-bond donors (Lipinski definition) is 0. The molecule has 0 saturated carbocycles. The van der Waals surface area contributed by atoms with Gasteiger partial charge < -0.3 is 0 Å². The first-order valence-corrected chi connectivity index (χ1v) is 4.66. The van der Waals surface area contributed by atoms with E-state index in [-0.39, 0.29) is 0 Å². The summed E-state index contributed by atoms with van der Waals surface area (Å²) in [4.78, 5) is 11.0. The molecule has 1 nitrogen and oxygen atoms in total. The molecule has 1 aliphatic carbocycles. The van der Waals surface area contributed by atoms with E-state index < -0.39 is 0 Å². The maximum absolute atomic E-state index is 11.0. The Morgan fingerprint density at radius 2 is 2.33 bits per heavy atom. The highest BCUT2D eigenvalue weighted by atomic mass is 16.1. The summed E-state index contributed by atoms with van der Waals surface area (Å²) >= 11 is 0. The lowest BCUT2D eigenvalue weighted by atomic mass is 9.95. The van der Waals surface area contributed by atoms with Gasteiger partial charge in [0, 0.05) is 6.42 Å². The first-order valence-electron chi connectivity index (χ1n) is 4.66. The summed E-state index contributed by atoms with van der Waals surface area (Å²) in [5.74, 6) is 0.315. The molecule has 1 rings (SSSR count). The Labute approximate surface area is 74.2 Å². The Morgan fingerprint density at radius 1 is 1.50 bits per heavy atom. The van der Waals surface area contributed by atoms with Crippen molar-refractivity contribution in [1.29, 1.82) is 0 Å². The van der Waals surface area contributed by atoms with E-state index in [1.54, 1.807) is 0 Å². The van der Waals surface area contributed by atoms with Gasteiger partial charge in [0.05, 0.1) is 0 Å². The molecule has 0 aromatic heterocycles. The first kappa shape index (κ1) is 9.24. The lowest BCUT2D eigenvalue weighted by molar-refractivity contribution is -0.115. The average molecular weight is 164 g/mol. The van der Waals surface area contributed by atoms with E-state index in [2.05, 4.69) is 6.58 Å². The molecule has 0 atom stereocenters. The number of ketones is 1. The van der Waals surface area contributed by atoms with Gasteiger partial charge in [-0.3, -0.25) is 4.79 Å². The summed E-state index contributed by atoms with van der Waals surface area (Å²) in [5.41, 5.74) is 1.34. The summed E-state index contributed by atoms with van der Waals surface area (Å²) in [7, 11) is 0. The smallest absolute Gasteiger partial charge is 0.155 e. The number of rotatable bonds is 4. The van der Waals surface area contributed by atoms with Crippen molar-refractivity contribution in [2.75, 3.05) is 0 Å². The van der Waals surface area contributed by atoms with Crippen LogP contribution in [-0.4, -0.2) is 5.78 Å². The molecule has 0 saturated heterocycles. The molecule has 66 valence electrons. The molecule has 0 aromatic rings. The second-order valence-corrected chi connectivity index (χ2v) is 3.30. The number of carbonyl (C=O) groups is 1. The first-order chi connectivity index (χ1) is 5.83. The predicted octanol–water partition coefficient (Wildman–Crippen LogP) is 3.02. The van der Waals surface area contributed by atoms with Crippen LogP contribution in [0.4, 0.5) is 0 Å². The molecule has 0 unspecified atom stereocenters. The fourth-order valence-corrected chi connectivity index (χ4v) is 1.53. The zero-order valence-electron chi connectivity index (χ0n) is 7.51. The minimum atomic E-state index is 0.315. The standard InChI is InChI=1S/C11H16O/c1-2-3-4-6-10-7-5-8-11(12)9-10/h2,9H,1,3-8H2. The molecule has 1 aliphatic rings. The number of carbonyl (C=O) groups excluding carboxylic acids is 1. The van der Waals surface area contributed by atoms with Crippen LogP contribution in [0, 0.1) is 0 Å². The second-order valence-electron chi connectivity index (χ2n) is 3.30. The van der Waals surface area contributed by atoms with Gasteiger partial charge in [0.1, 0.15) is 0 Å². The molecular weight excluding hydrogens is 148 g/mol. The highest BCUT2D eigenvalue weighted by Gasteiger charge is 2.08. The normalized spacial score (nSPS) is 17.3. The second kappa shape index (κ2) is 4.91. The van der Waals surface area contributed by atoms with E-state index in [0.717, 1.165) is 38.5 Å². The maximum atomic E-state index is 11.0. The quantitative estimate of drug-likeness (QED) is 0.461. The van der Waals surface area contributed by atoms with Crippen molar-refractivity contribution in [1.82, 2.24) is 0 Å². The molecule has 0 N–H and O–H groups in total. The van der Waals surface area contributed by atoms with Crippen molar-refractivity contribution in [3.63, 3.8) is 0 Å². The number of unbranched alkanes of at least 4 members (excludes halogenated alkanes) is 1. The molecule has 0 aromatic carbocycles. The van der Waals surface area contributed by atoms with Crippen LogP contribution in [0.15, 0.2) is 24.3 Å². The van der Waals surface area contributed by atoms with Gasteiger partial charge in [-0.15, -0.1) is 6.58 Å². The van der Waals surface area contributed by atoms with Crippen LogP contribution in [-0.2, 0) is 4.79 Å². The van der Waals surface area contributed by atoms with Gasteiger partial charge >= 0.3 is 0 Å². The summed E-state index contributed by atoms with van der Waals surface area (Å²) in [6.07, 6.45) is 10.00. The minimum Gasteiger partial charge on any atom is -0.295 e. The third kappa shape index (κ3) is 3.04. The van der Waals surface area contributed by atoms with E-state index in [0.29, 0.717) is 5.78 Å². The third-order valence-electron chi connectivity index (χ3n) is 2.19. The topological polar surface area (TPSA) is 17.1 Å². The summed E-state index contributed by atoms with van der Waals surface area (Å²) < 4.78 is 0. The van der Waals surface area contributed by atoms with E-state index in [4.69, 9.17) is 0 Å². The Balaban J connectivity index is 2.30. The van der Waals surface area contributed by atoms with Crippen molar-refractivity contribution >= 4 is 5.78 Å². The highest BCUT2D eigenvalue weighted by molar-refractivity contribution is 5.91. The van der Waals surface area contributed by atoms with E-state index in [9.17, 15) is 4.79 Å². The molecule has 1 heteroatoms. The van der Waals surface area contributed by atoms with Crippen LogP contribution < -0.4 is 0 Å². The van der Waals surface area contributed by atoms with E-state index >= 15 is 0 Å². The Morgan fingerprint density at radius 3 is 3.00 bits per heavy atom. The fourth-order valence-electron chi connectivity index (χ4n) is 1.53. The molecule has 0 aliphatic heterocycles. The van der Waals surface area contributed by atoms with E-state index in [1.807, 2.05) is 12.2 Å². The Kier molecular flexibility index (Phi) is 3.78. The van der Waals surface area contributed by atoms with E-state index in [1.165, 1.54) is 5.57 Å². The molecule has 0 fully saturated rings. The molecule has 0 heterocycles. The molecule has 12 heavy (non-hydrogen) atoms. The van der Waals surface area contributed by atoms with Crippen LogP contribution in [0.1, 0.15) is 38.5 Å². The zero-order valence-corrected chi connectivity index (χ0v) is 7.51. The van der Waals surface area contributed by atoms with Gasteiger partial charge in [0.25, 0.3) is 0 Å². The van der Waals surface area contributed by atoms with Gasteiger partial charge in [-0.05, 0) is 38.2 Å². The van der Waals surface area contributed by atoms with Crippen molar-refractivity contribution in [3.05, 3.63) is 24.3 Å². The van der Waals surface area contributed by atoms with Gasteiger partial charge in [0.15, 0.2) is 5.78 Å². The van der Waals surface area contributed by atoms with Crippen molar-refractivity contribution in [2.24, 2.45) is 0 Å². The number of hydrogen-bond acceptors (Lipinski definition) is 1. The zero-order chi connectivity index (χ0) is 8.81. The van der Waals surface area contributed by atoms with Crippen molar-refractivity contribution in [3.8, 4) is 0 Å².